The number of benzene rings is 2. The summed E-state index contributed by atoms with van der Waals surface area (Å²) in [6.07, 6.45) is 2.71. The van der Waals surface area contributed by atoms with Gasteiger partial charge in [0, 0.05) is 22.9 Å². The van der Waals surface area contributed by atoms with Gasteiger partial charge in [-0.25, -0.2) is 14.0 Å². The highest BCUT2D eigenvalue weighted by Crippen LogP contribution is 2.24. The van der Waals surface area contributed by atoms with E-state index in [-0.39, 0.29) is 16.8 Å². The normalized spacial score (nSPS) is 12.5. The number of aromatic nitrogens is 1. The van der Waals surface area contributed by atoms with Crippen LogP contribution in [-0.4, -0.2) is 34.4 Å². The van der Waals surface area contributed by atoms with E-state index < -0.39 is 21.5 Å². The fourth-order valence-electron chi connectivity index (χ4n) is 2.64. The second kappa shape index (κ2) is 9.15. The molecule has 0 saturated heterocycles. The van der Waals surface area contributed by atoms with Gasteiger partial charge in [0.1, 0.15) is 11.6 Å². The summed E-state index contributed by atoms with van der Waals surface area (Å²) < 4.78 is 24.6. The average molecular weight is 459 g/mol. The summed E-state index contributed by atoms with van der Waals surface area (Å²) in [5.74, 6) is -0.240. The van der Waals surface area contributed by atoms with Crippen molar-refractivity contribution >= 4 is 44.6 Å². The third-order valence-corrected chi connectivity index (χ3v) is 5.65. The third kappa shape index (κ3) is 5.59. The van der Waals surface area contributed by atoms with Crippen LogP contribution in [-0.2, 0) is 9.73 Å². The summed E-state index contributed by atoms with van der Waals surface area (Å²) in [5.41, 5.74) is 0.721. The minimum atomic E-state index is -2.88. The summed E-state index contributed by atoms with van der Waals surface area (Å²) in [6.45, 7) is 0. The predicted molar refractivity (Wildman–Crippen MR) is 120 cm³/mol. The maximum Gasteiger partial charge on any atom is 0.259 e. The van der Waals surface area contributed by atoms with E-state index in [2.05, 4.69) is 15.6 Å². The first-order valence-corrected chi connectivity index (χ1v) is 11.3. The Kier molecular flexibility index (Phi) is 6.57. The van der Waals surface area contributed by atoms with Crippen molar-refractivity contribution in [3.05, 3.63) is 76.9 Å². The molecule has 8 nitrogen and oxygen atoms in total. The number of methoxy groups -OCH3 is 1. The minimum Gasteiger partial charge on any atom is -0.497 e. The number of anilines is 2. The van der Waals surface area contributed by atoms with Crippen LogP contribution >= 0.6 is 11.6 Å². The Morgan fingerprint density at radius 3 is 2.32 bits per heavy atom. The summed E-state index contributed by atoms with van der Waals surface area (Å²) in [5, 5.41) is 5.78. The van der Waals surface area contributed by atoms with Crippen LogP contribution in [0.15, 0.2) is 65.7 Å². The van der Waals surface area contributed by atoms with E-state index in [1.54, 1.807) is 24.3 Å². The highest BCUT2D eigenvalue weighted by atomic mass is 35.5. The first-order valence-electron chi connectivity index (χ1n) is 8.93. The van der Waals surface area contributed by atoms with Gasteiger partial charge in [-0.3, -0.25) is 9.59 Å². The van der Waals surface area contributed by atoms with E-state index in [9.17, 15) is 13.8 Å². The van der Waals surface area contributed by atoms with Gasteiger partial charge >= 0.3 is 0 Å². The number of hydrogen-bond acceptors (Lipinski definition) is 6. The molecule has 2 aromatic carbocycles. The Bertz CT molecular complexity index is 1230. The number of hydrogen-bond donors (Lipinski definition) is 3. The average Bonchev–Trinajstić information content (AvgIpc) is 2.75. The topological polar surface area (TPSA) is 121 Å². The van der Waals surface area contributed by atoms with Crippen molar-refractivity contribution in [2.24, 2.45) is 0 Å². The zero-order chi connectivity index (χ0) is 22.6. The molecular weight excluding hydrogens is 440 g/mol. The molecule has 0 bridgehead atoms. The Morgan fingerprint density at radius 2 is 1.74 bits per heavy atom. The number of nitrogens with zero attached hydrogens (tertiary/aromatic N) is 1. The summed E-state index contributed by atoms with van der Waals surface area (Å²) in [6, 6.07) is 13.7. The minimum absolute atomic E-state index is 0.170. The van der Waals surface area contributed by atoms with Crippen molar-refractivity contribution < 1.29 is 18.5 Å². The van der Waals surface area contributed by atoms with Gasteiger partial charge in [0.25, 0.3) is 11.8 Å². The molecule has 3 aromatic rings. The molecule has 0 aliphatic heterocycles. The lowest BCUT2D eigenvalue weighted by Crippen LogP contribution is -2.19. The Hall–Kier alpha value is -3.43. The van der Waals surface area contributed by atoms with E-state index >= 15 is 0 Å². The molecular formula is C21H19ClN4O4S. The van der Waals surface area contributed by atoms with Crippen LogP contribution in [0.2, 0.25) is 5.02 Å². The molecule has 0 spiro atoms. The molecule has 0 aliphatic rings. The number of pyridine rings is 1. The van der Waals surface area contributed by atoms with Crippen LogP contribution in [0.25, 0.3) is 0 Å². The lowest BCUT2D eigenvalue weighted by Gasteiger charge is -2.13. The van der Waals surface area contributed by atoms with Crippen molar-refractivity contribution in [3.8, 4) is 5.75 Å². The van der Waals surface area contributed by atoms with E-state index in [0.29, 0.717) is 21.5 Å². The number of amides is 2. The van der Waals surface area contributed by atoms with Crippen molar-refractivity contribution in [2.75, 3.05) is 24.0 Å². The first kappa shape index (κ1) is 22.3. The number of rotatable bonds is 6. The fraction of sp³-hybridized carbons (Fsp3) is 0.0952. The Labute approximate surface area is 184 Å². The van der Waals surface area contributed by atoms with Crippen LogP contribution in [0.5, 0.6) is 5.75 Å². The molecule has 0 radical (unpaired) electrons. The van der Waals surface area contributed by atoms with Crippen molar-refractivity contribution in [1.29, 1.82) is 4.78 Å². The molecule has 2 amide bonds. The van der Waals surface area contributed by atoms with Crippen LogP contribution in [0.3, 0.4) is 0 Å². The largest absolute Gasteiger partial charge is 0.497 e. The third-order valence-electron chi connectivity index (χ3n) is 4.25. The van der Waals surface area contributed by atoms with Gasteiger partial charge in [0.05, 0.1) is 33.1 Å². The SMILES string of the molecule is COc1ccc(NC(=O)c2ccc(S(C)(=N)=O)cc2)c(C(=O)Nc2ccc(Cl)cn2)c1. The van der Waals surface area contributed by atoms with Gasteiger partial charge < -0.3 is 15.4 Å². The molecule has 0 fully saturated rings. The molecule has 0 aliphatic carbocycles. The Balaban J connectivity index is 1.86. The molecule has 31 heavy (non-hydrogen) atoms. The number of carbonyl (C=O) groups excluding carboxylic acids is 2. The van der Waals surface area contributed by atoms with E-state index in [4.69, 9.17) is 21.1 Å². The lowest BCUT2D eigenvalue weighted by atomic mass is 10.1. The molecule has 160 valence electrons. The fourth-order valence-corrected chi connectivity index (χ4v) is 3.41. The monoisotopic (exact) mass is 458 g/mol. The molecule has 1 heterocycles. The van der Waals surface area contributed by atoms with Gasteiger partial charge in [0.2, 0.25) is 0 Å². The van der Waals surface area contributed by atoms with E-state index in [0.717, 1.165) is 0 Å². The zero-order valence-corrected chi connectivity index (χ0v) is 18.2. The highest BCUT2D eigenvalue weighted by Gasteiger charge is 2.17. The van der Waals surface area contributed by atoms with Crippen molar-refractivity contribution in [3.63, 3.8) is 0 Å². The first-order chi connectivity index (χ1) is 14.7. The smallest absolute Gasteiger partial charge is 0.259 e. The predicted octanol–water partition coefficient (Wildman–Crippen LogP) is 4.28. The lowest BCUT2D eigenvalue weighted by molar-refractivity contribution is 0.102. The Morgan fingerprint density at radius 1 is 1.03 bits per heavy atom. The maximum absolute atomic E-state index is 12.8. The molecule has 1 aromatic heterocycles. The molecule has 1 unspecified atom stereocenters. The van der Waals surface area contributed by atoms with Gasteiger partial charge in [-0.2, -0.15) is 0 Å². The van der Waals surface area contributed by atoms with Gasteiger partial charge in [-0.1, -0.05) is 11.6 Å². The highest BCUT2D eigenvalue weighted by molar-refractivity contribution is 7.91. The van der Waals surface area contributed by atoms with Gasteiger partial charge in [-0.05, 0) is 54.6 Å². The number of nitrogens with one attached hydrogen (secondary N) is 3. The maximum atomic E-state index is 12.8. The second-order valence-electron chi connectivity index (χ2n) is 6.55. The molecule has 3 rings (SSSR count). The molecule has 3 N–H and O–H groups in total. The van der Waals surface area contributed by atoms with Crippen LogP contribution in [0.1, 0.15) is 20.7 Å². The van der Waals surface area contributed by atoms with E-state index in [1.165, 1.54) is 49.9 Å². The molecule has 10 heteroatoms. The second-order valence-corrected chi connectivity index (χ2v) is 9.14. The molecule has 1 atom stereocenters. The van der Waals surface area contributed by atoms with Crippen LogP contribution < -0.4 is 15.4 Å². The standard InChI is InChI=1S/C21H19ClN4O4S/c1-30-15-6-9-18(17(11-15)21(28)26-19-10-5-14(22)12-24-19)25-20(27)13-3-7-16(8-4-13)31(2,23)29/h3-12,23H,1-2H3,(H,25,27)(H,24,26,28). The van der Waals surface area contributed by atoms with Crippen molar-refractivity contribution in [2.45, 2.75) is 4.90 Å². The van der Waals surface area contributed by atoms with Crippen LogP contribution in [0.4, 0.5) is 11.5 Å². The number of ether oxygens (including phenoxy) is 1. The molecule has 0 saturated carbocycles. The summed E-state index contributed by atoms with van der Waals surface area (Å²) in [4.78, 5) is 29.9. The van der Waals surface area contributed by atoms with E-state index in [1.807, 2.05) is 0 Å². The van der Waals surface area contributed by atoms with Gasteiger partial charge in [-0.15, -0.1) is 0 Å². The van der Waals surface area contributed by atoms with Gasteiger partial charge in [0.15, 0.2) is 0 Å². The van der Waals surface area contributed by atoms with Crippen molar-refractivity contribution in [1.82, 2.24) is 4.98 Å². The summed E-state index contributed by atoms with van der Waals surface area (Å²) in [7, 11) is -1.41. The zero-order valence-electron chi connectivity index (χ0n) is 16.6. The summed E-state index contributed by atoms with van der Waals surface area (Å²) >= 11 is 5.81. The number of halogens is 1. The number of carbonyl (C=O) groups is 2. The quantitative estimate of drug-likeness (QED) is 0.509. The van der Waals surface area contributed by atoms with Crippen LogP contribution in [0, 0.1) is 4.78 Å².